The van der Waals surface area contributed by atoms with E-state index in [9.17, 15) is 13.2 Å². The van der Waals surface area contributed by atoms with Crippen LogP contribution >= 0.6 is 0 Å². The lowest BCUT2D eigenvalue weighted by Gasteiger charge is -2.07. The van der Waals surface area contributed by atoms with Gasteiger partial charge in [-0.15, -0.1) is 0 Å². The van der Waals surface area contributed by atoms with Gasteiger partial charge in [-0.05, 0) is 12.8 Å². The van der Waals surface area contributed by atoms with E-state index < -0.39 is 21.7 Å². The first-order valence-corrected chi connectivity index (χ1v) is 6.15. The molecule has 0 bridgehead atoms. The van der Waals surface area contributed by atoms with Crippen molar-refractivity contribution in [3.63, 3.8) is 0 Å². The first-order valence-electron chi connectivity index (χ1n) is 4.50. The molecule has 0 rings (SSSR count). The fourth-order valence-electron chi connectivity index (χ4n) is 0.702. The van der Waals surface area contributed by atoms with Crippen molar-refractivity contribution < 1.29 is 17.9 Å². The summed E-state index contributed by atoms with van der Waals surface area (Å²) in [6, 6.07) is 0. The molecule has 0 amide bonds. The van der Waals surface area contributed by atoms with Gasteiger partial charge in [0, 0.05) is 6.54 Å². The SMILES string of the molecule is CCOC(=O)CS(=O)(=O)NCC(C)C. The third kappa shape index (κ3) is 6.85. The van der Waals surface area contributed by atoms with E-state index in [2.05, 4.69) is 9.46 Å². The van der Waals surface area contributed by atoms with Crippen LogP contribution in [0.25, 0.3) is 0 Å². The average molecular weight is 223 g/mol. The van der Waals surface area contributed by atoms with Gasteiger partial charge < -0.3 is 4.74 Å². The second-order valence-corrected chi connectivity index (χ2v) is 5.11. The summed E-state index contributed by atoms with van der Waals surface area (Å²) in [5, 5.41) is 0. The molecule has 0 aliphatic heterocycles. The smallest absolute Gasteiger partial charge is 0.322 e. The van der Waals surface area contributed by atoms with Crippen LogP contribution in [0, 0.1) is 5.92 Å². The monoisotopic (exact) mass is 223 g/mol. The van der Waals surface area contributed by atoms with Crippen molar-refractivity contribution in [2.24, 2.45) is 5.92 Å². The minimum atomic E-state index is -3.52. The Balaban J connectivity index is 4.01. The lowest BCUT2D eigenvalue weighted by Crippen LogP contribution is -2.33. The van der Waals surface area contributed by atoms with Crippen LogP contribution < -0.4 is 4.72 Å². The van der Waals surface area contributed by atoms with Gasteiger partial charge in [0.15, 0.2) is 5.75 Å². The molecule has 5 nitrogen and oxygen atoms in total. The third-order valence-electron chi connectivity index (χ3n) is 1.32. The minimum absolute atomic E-state index is 0.193. The zero-order chi connectivity index (χ0) is 11.2. The summed E-state index contributed by atoms with van der Waals surface area (Å²) in [5.74, 6) is -1.11. The highest BCUT2D eigenvalue weighted by molar-refractivity contribution is 7.90. The topological polar surface area (TPSA) is 72.5 Å². The molecule has 0 unspecified atom stereocenters. The molecule has 0 aliphatic rings. The molecule has 1 N–H and O–H groups in total. The van der Waals surface area contributed by atoms with Crippen LogP contribution in [0.4, 0.5) is 0 Å². The number of hydrogen-bond acceptors (Lipinski definition) is 4. The van der Waals surface area contributed by atoms with Gasteiger partial charge in [-0.3, -0.25) is 4.79 Å². The van der Waals surface area contributed by atoms with Crippen LogP contribution in [0.1, 0.15) is 20.8 Å². The summed E-state index contributed by atoms with van der Waals surface area (Å²) in [6.45, 7) is 5.92. The van der Waals surface area contributed by atoms with Crippen LogP contribution in [0.5, 0.6) is 0 Å². The van der Waals surface area contributed by atoms with E-state index in [4.69, 9.17) is 0 Å². The number of ether oxygens (including phenoxy) is 1. The Labute approximate surface area is 84.9 Å². The molecule has 6 heteroatoms. The van der Waals surface area contributed by atoms with Crippen molar-refractivity contribution in [2.75, 3.05) is 18.9 Å². The van der Waals surface area contributed by atoms with Gasteiger partial charge in [0.2, 0.25) is 10.0 Å². The largest absolute Gasteiger partial charge is 0.465 e. The summed E-state index contributed by atoms with van der Waals surface area (Å²) in [6.07, 6.45) is 0. The summed E-state index contributed by atoms with van der Waals surface area (Å²) in [7, 11) is -3.52. The van der Waals surface area contributed by atoms with Crippen molar-refractivity contribution in [3.05, 3.63) is 0 Å². The predicted octanol–water partition coefficient (Wildman–Crippen LogP) is 0.125. The standard InChI is InChI=1S/C8H17NO4S/c1-4-13-8(10)6-14(11,12)9-5-7(2)3/h7,9H,4-6H2,1-3H3. The quantitative estimate of drug-likeness (QED) is 0.649. The van der Waals surface area contributed by atoms with E-state index in [0.717, 1.165) is 0 Å². The fraction of sp³-hybridized carbons (Fsp3) is 0.875. The molecule has 0 atom stereocenters. The highest BCUT2D eigenvalue weighted by Gasteiger charge is 2.16. The molecule has 0 aromatic rings. The molecular formula is C8H17NO4S. The van der Waals surface area contributed by atoms with Crippen molar-refractivity contribution >= 4 is 16.0 Å². The van der Waals surface area contributed by atoms with E-state index in [1.54, 1.807) is 6.92 Å². The molecule has 0 heterocycles. The van der Waals surface area contributed by atoms with Crippen LogP contribution in [0.3, 0.4) is 0 Å². The lowest BCUT2D eigenvalue weighted by molar-refractivity contribution is -0.139. The molecular weight excluding hydrogens is 206 g/mol. The number of hydrogen-bond donors (Lipinski definition) is 1. The number of carbonyl (C=O) groups is 1. The maximum Gasteiger partial charge on any atom is 0.322 e. The second-order valence-electron chi connectivity index (χ2n) is 3.31. The van der Waals surface area contributed by atoms with Gasteiger partial charge in [-0.1, -0.05) is 13.8 Å². The van der Waals surface area contributed by atoms with Crippen molar-refractivity contribution in [3.8, 4) is 0 Å². The molecule has 0 aromatic carbocycles. The van der Waals surface area contributed by atoms with Crippen molar-refractivity contribution in [1.82, 2.24) is 4.72 Å². The summed E-state index contributed by atoms with van der Waals surface area (Å²) in [4.78, 5) is 10.9. The Hall–Kier alpha value is -0.620. The van der Waals surface area contributed by atoms with Gasteiger partial charge in [-0.25, -0.2) is 13.1 Å². The van der Waals surface area contributed by atoms with Gasteiger partial charge in [0.05, 0.1) is 6.61 Å². The second kappa shape index (κ2) is 5.98. The number of sulfonamides is 1. The molecule has 0 fully saturated rings. The Morgan fingerprint density at radius 2 is 2.00 bits per heavy atom. The first kappa shape index (κ1) is 13.4. The van der Waals surface area contributed by atoms with Crippen LogP contribution in [0.15, 0.2) is 0 Å². The zero-order valence-electron chi connectivity index (χ0n) is 8.74. The van der Waals surface area contributed by atoms with Crippen molar-refractivity contribution in [1.29, 1.82) is 0 Å². The van der Waals surface area contributed by atoms with Crippen LogP contribution in [0.2, 0.25) is 0 Å². The maximum atomic E-state index is 11.2. The zero-order valence-corrected chi connectivity index (χ0v) is 9.56. The minimum Gasteiger partial charge on any atom is -0.465 e. The van der Waals surface area contributed by atoms with Crippen molar-refractivity contribution in [2.45, 2.75) is 20.8 Å². The van der Waals surface area contributed by atoms with E-state index in [1.807, 2.05) is 13.8 Å². The number of nitrogens with one attached hydrogen (secondary N) is 1. The fourth-order valence-corrected chi connectivity index (χ4v) is 1.79. The Morgan fingerprint density at radius 3 is 2.43 bits per heavy atom. The van der Waals surface area contributed by atoms with E-state index in [0.29, 0.717) is 6.54 Å². The van der Waals surface area contributed by atoms with Gasteiger partial charge >= 0.3 is 5.97 Å². The molecule has 0 radical (unpaired) electrons. The molecule has 14 heavy (non-hydrogen) atoms. The lowest BCUT2D eigenvalue weighted by atomic mass is 10.2. The van der Waals surface area contributed by atoms with Gasteiger partial charge in [-0.2, -0.15) is 0 Å². The summed E-state index contributed by atoms with van der Waals surface area (Å²) in [5.41, 5.74) is 0. The number of carbonyl (C=O) groups excluding carboxylic acids is 1. The molecule has 84 valence electrons. The highest BCUT2D eigenvalue weighted by atomic mass is 32.2. The maximum absolute atomic E-state index is 11.2. The van der Waals surface area contributed by atoms with E-state index in [1.165, 1.54) is 0 Å². The molecule has 0 aliphatic carbocycles. The summed E-state index contributed by atoms with van der Waals surface area (Å²) < 4.78 is 29.3. The molecule has 0 spiro atoms. The van der Waals surface area contributed by atoms with Gasteiger partial charge in [0.1, 0.15) is 0 Å². The van der Waals surface area contributed by atoms with Crippen LogP contribution in [-0.2, 0) is 19.6 Å². The average Bonchev–Trinajstić information content (AvgIpc) is 2.00. The Morgan fingerprint density at radius 1 is 1.43 bits per heavy atom. The third-order valence-corrected chi connectivity index (χ3v) is 2.55. The Bertz CT molecular complexity index is 271. The number of rotatable bonds is 6. The van der Waals surface area contributed by atoms with Crippen LogP contribution in [-0.4, -0.2) is 33.3 Å². The predicted molar refractivity (Wildman–Crippen MR) is 53.3 cm³/mol. The highest BCUT2D eigenvalue weighted by Crippen LogP contribution is 1.92. The molecule has 0 aromatic heterocycles. The first-order chi connectivity index (χ1) is 6.37. The number of esters is 1. The van der Waals surface area contributed by atoms with E-state index >= 15 is 0 Å². The molecule has 0 saturated heterocycles. The summed E-state index contributed by atoms with van der Waals surface area (Å²) >= 11 is 0. The Kier molecular flexibility index (Phi) is 5.71. The normalized spacial score (nSPS) is 11.7. The van der Waals surface area contributed by atoms with Gasteiger partial charge in [0.25, 0.3) is 0 Å². The van der Waals surface area contributed by atoms with E-state index in [-0.39, 0.29) is 12.5 Å². The molecule has 0 saturated carbocycles.